The summed E-state index contributed by atoms with van der Waals surface area (Å²) in [7, 11) is 0. The summed E-state index contributed by atoms with van der Waals surface area (Å²) >= 11 is -0.389. The Balaban J connectivity index is -0.0000000458. The topological polar surface area (TPSA) is 51.7 Å². The second-order valence-corrected chi connectivity index (χ2v) is 8.86. The van der Waals surface area contributed by atoms with Gasteiger partial charge >= 0.3 is 14.5 Å². The van der Waals surface area contributed by atoms with E-state index in [1.165, 1.54) is 0 Å². The van der Waals surface area contributed by atoms with Crippen LogP contribution in [-0.2, 0) is 52.4 Å². The van der Waals surface area contributed by atoms with E-state index in [1.807, 2.05) is 140 Å². The molecule has 4 aliphatic carbocycles. The van der Waals surface area contributed by atoms with E-state index in [9.17, 15) is 0 Å². The van der Waals surface area contributed by atoms with Gasteiger partial charge in [-0.25, -0.2) is 0 Å². The fourth-order valence-corrected chi connectivity index (χ4v) is 1.28. The average Bonchev–Trinajstić information content (AvgIpc) is 3.52. The zero-order valence-electron chi connectivity index (χ0n) is 20.6. The third-order valence-corrected chi connectivity index (χ3v) is 2.22. The van der Waals surface area contributed by atoms with Gasteiger partial charge in [0.15, 0.2) is 15.2 Å². The van der Waals surface area contributed by atoms with Crippen LogP contribution < -0.4 is 0 Å². The predicted molar refractivity (Wildman–Crippen MR) is 140 cm³/mol. The summed E-state index contributed by atoms with van der Waals surface area (Å²) < 4.78 is 8.19. The van der Waals surface area contributed by atoms with Crippen molar-refractivity contribution in [3.05, 3.63) is 143 Å². The van der Waals surface area contributed by atoms with Crippen molar-refractivity contribution < 1.29 is 62.0 Å². The van der Waals surface area contributed by atoms with Gasteiger partial charge in [-0.15, -0.1) is 11.6 Å². The van der Waals surface area contributed by atoms with Crippen molar-refractivity contribution in [3.8, 4) is 0 Å². The number of rotatable bonds is 0. The van der Waals surface area contributed by atoms with Crippen LogP contribution in [0.1, 0.15) is 0 Å². The summed E-state index contributed by atoms with van der Waals surface area (Å²) in [6.45, 7) is 0. The third-order valence-electron chi connectivity index (χ3n) is 2.22. The summed E-state index contributed by atoms with van der Waals surface area (Å²) in [5.74, 6) is 8.14. The average molecular weight is 622 g/mol. The van der Waals surface area contributed by atoms with Crippen LogP contribution in [0.5, 0.6) is 0 Å². The van der Waals surface area contributed by atoms with Crippen molar-refractivity contribution in [2.24, 2.45) is 0 Å². The van der Waals surface area contributed by atoms with E-state index in [-0.39, 0.29) is 72.7 Å². The molecule has 0 aromatic carbocycles. The zero-order chi connectivity index (χ0) is 20.4. The molecule has 4 aliphatic rings. The fourth-order valence-electron chi connectivity index (χ4n) is 1.28. The van der Waals surface area contributed by atoms with Gasteiger partial charge < -0.3 is 24.5 Å². The first kappa shape index (κ1) is 51.4. The van der Waals surface area contributed by atoms with E-state index in [0.717, 1.165) is 15.2 Å². The Kier molecular flexibility index (Phi) is 81.3. The van der Waals surface area contributed by atoms with Crippen molar-refractivity contribution in [1.82, 2.24) is 0 Å². The van der Waals surface area contributed by atoms with Crippen LogP contribution in [0.2, 0.25) is 23.1 Å². The third kappa shape index (κ3) is 63.8. The van der Waals surface area contributed by atoms with E-state index in [2.05, 4.69) is 11.6 Å². The van der Waals surface area contributed by atoms with Gasteiger partial charge in [-0.1, -0.05) is 11.6 Å². The second kappa shape index (κ2) is 50.6. The number of hydrogen-bond acceptors (Lipinski definition) is 1. The Hall–Kier alpha value is 2.75. The van der Waals surface area contributed by atoms with Crippen LogP contribution in [0.4, 0.5) is 0 Å². The first-order valence-electron chi connectivity index (χ1n) is 9.23. The molecule has 0 unspecified atom stereocenters. The molecule has 0 amide bonds. The van der Waals surface area contributed by atoms with Crippen LogP contribution >= 0.6 is 0 Å². The predicted octanol–water partition coefficient (Wildman–Crippen LogP) is 5.17. The van der Waals surface area contributed by atoms with Gasteiger partial charge in [-0.3, -0.25) is 0 Å². The molecule has 0 spiro atoms. The molecule has 4 fully saturated rings. The van der Waals surface area contributed by atoms with E-state index >= 15 is 0 Å². The molecule has 4 rings (SSSR count). The molecular weight excluding hydrogens is 581 g/mol. The minimum atomic E-state index is -1.14. The molecule has 3 N–H and O–H groups in total. The van der Waals surface area contributed by atoms with E-state index in [0.29, 0.717) is 0 Å². The molecule has 6 heteroatoms. The van der Waals surface area contributed by atoms with Crippen LogP contribution in [0, 0.1) is 143 Å². The van der Waals surface area contributed by atoms with E-state index < -0.39 is 14.5 Å². The maximum absolute atomic E-state index is 8.19. The Morgan fingerprint density at radius 1 is 0.438 bits per heavy atom. The van der Waals surface area contributed by atoms with Gasteiger partial charge in [-0.2, -0.15) is 0 Å². The molecule has 0 aromatic rings. The molecule has 4 saturated carbocycles. The molecule has 0 aliphatic heterocycles. The zero-order valence-corrected chi connectivity index (χ0v) is 27.9. The first-order valence-corrected chi connectivity index (χ1v) is 14.4. The van der Waals surface area contributed by atoms with Crippen LogP contribution in [-0.4, -0.2) is 39.3 Å². The Bertz CT molecular complexity index is 161. The summed E-state index contributed by atoms with van der Waals surface area (Å²) in [5, 5.41) is 0. The minimum Gasteiger partial charge on any atom is -0.516 e. The summed E-state index contributed by atoms with van der Waals surface area (Å²) in [6, 6.07) is 0. The van der Waals surface area contributed by atoms with Crippen LogP contribution in [0.25, 0.3) is 0 Å². The van der Waals surface area contributed by atoms with E-state index in [4.69, 9.17) is 4.16 Å². The summed E-state index contributed by atoms with van der Waals surface area (Å²) in [6.07, 6.45) is 40.0. The quantitative estimate of drug-likeness (QED) is 0.295. The van der Waals surface area contributed by atoms with Gasteiger partial charge in [0.05, 0.1) is 0 Å². The molecule has 32 heavy (non-hydrogen) atoms. The maximum Gasteiger partial charge on any atom is 0.451 e. The van der Waals surface area contributed by atoms with Gasteiger partial charge in [0.1, 0.15) is 0 Å². The fraction of sp³-hybridized carbons (Fsp3) is 0.154. The normalized spacial score (nSPS) is 16.3. The molecule has 0 aromatic heterocycles. The SMILES string of the molecule is O.[CH3-].[CH3-].[CH3][Al]([CH3])[OH].[CH3][Al][CH3].[CH]1[CH][CH][CH][CH]1.[CH]1[CH][CH][CH][CH]1.[CH]1[CH][CH][CH][CH]1.[CH]1[CH][CH][CH][CH]1.[Zr].[Zr]. The Morgan fingerprint density at radius 2 is 0.469 bits per heavy atom. The van der Waals surface area contributed by atoms with Crippen molar-refractivity contribution in [1.29, 1.82) is 0 Å². The Morgan fingerprint density at radius 3 is 0.500 bits per heavy atom. The van der Waals surface area contributed by atoms with Crippen molar-refractivity contribution in [2.45, 2.75) is 23.1 Å². The van der Waals surface area contributed by atoms with Gasteiger partial charge in [0.2, 0.25) is 0 Å². The molecule has 0 heterocycles. The van der Waals surface area contributed by atoms with Gasteiger partial charge in [0.25, 0.3) is 0 Å². The first-order chi connectivity index (χ1) is 13.1. The molecule has 21 radical (unpaired) electrons. The Labute approximate surface area is 255 Å². The molecule has 0 saturated heterocycles. The molecule has 0 bridgehead atoms. The standard InChI is InChI=1S/4C5H5.6CH3.2Al.2H2O.2Zr/c4*1-2-4-5-3-1;;;;;;;;;;;;/h4*1-5H;6*1H3;;;2*1H2;;/q;;;;;;;;2*-1;;+1;;;;/p-1. The monoisotopic (exact) mass is 619 g/mol. The second-order valence-electron chi connectivity index (χ2n) is 5.52. The largest absolute Gasteiger partial charge is 0.516 e. The molecule has 173 valence electrons. The van der Waals surface area contributed by atoms with Crippen molar-refractivity contribution in [3.63, 3.8) is 0 Å². The van der Waals surface area contributed by atoms with Crippen molar-refractivity contribution >= 4 is 29.7 Å². The van der Waals surface area contributed by atoms with E-state index in [1.54, 1.807) is 0 Å². The van der Waals surface area contributed by atoms with Crippen LogP contribution in [0.3, 0.4) is 0 Å². The summed E-state index contributed by atoms with van der Waals surface area (Å²) in [4.78, 5) is 0. The minimum absolute atomic E-state index is 0. The van der Waals surface area contributed by atoms with Gasteiger partial charge in [-0.05, 0) is 128 Å². The van der Waals surface area contributed by atoms with Crippen molar-refractivity contribution in [2.75, 3.05) is 0 Å². The van der Waals surface area contributed by atoms with Crippen LogP contribution in [0.15, 0.2) is 0 Å². The molecular formula is C26H41Al2O2Zr2-2. The molecule has 2 nitrogen and oxygen atoms in total. The number of hydrogen-bond donors (Lipinski definition) is 1. The maximum atomic E-state index is 8.19. The van der Waals surface area contributed by atoms with Gasteiger partial charge in [0, 0.05) is 52.4 Å². The molecule has 0 atom stereocenters. The summed E-state index contributed by atoms with van der Waals surface area (Å²) in [5.41, 5.74) is 0. The smallest absolute Gasteiger partial charge is 0.451 e.